The maximum absolute atomic E-state index is 14.4. The van der Waals surface area contributed by atoms with Gasteiger partial charge in [0, 0.05) is 24.5 Å². The second-order valence-corrected chi connectivity index (χ2v) is 13.5. The van der Waals surface area contributed by atoms with Crippen molar-refractivity contribution >= 4 is 39.1 Å². The Bertz CT molecular complexity index is 1630. The van der Waals surface area contributed by atoms with Crippen LogP contribution in [0.2, 0.25) is 5.02 Å². The van der Waals surface area contributed by atoms with Gasteiger partial charge in [0.1, 0.15) is 12.6 Å². The van der Waals surface area contributed by atoms with Crippen molar-refractivity contribution in [1.82, 2.24) is 10.2 Å². The second-order valence-electron chi connectivity index (χ2n) is 11.2. The number of hydrogen-bond donors (Lipinski definition) is 1. The van der Waals surface area contributed by atoms with E-state index in [1.165, 1.54) is 17.0 Å². The summed E-state index contributed by atoms with van der Waals surface area (Å²) < 4.78 is 29.1. The summed E-state index contributed by atoms with van der Waals surface area (Å²) in [5.41, 5.74) is 2.93. The van der Waals surface area contributed by atoms with E-state index in [2.05, 4.69) is 5.32 Å². The lowest BCUT2D eigenvalue weighted by molar-refractivity contribution is -0.140. The minimum atomic E-state index is -4.13. The Labute approximate surface area is 265 Å². The zero-order chi connectivity index (χ0) is 31.7. The summed E-state index contributed by atoms with van der Waals surface area (Å²) in [6.07, 6.45) is 0.250. The summed E-state index contributed by atoms with van der Waals surface area (Å²) in [6.45, 7) is 5.91. The molecule has 0 radical (unpaired) electrons. The van der Waals surface area contributed by atoms with Crippen LogP contribution >= 0.6 is 11.6 Å². The first-order valence-corrected chi connectivity index (χ1v) is 16.4. The quantitative estimate of drug-likeness (QED) is 0.189. The molecule has 0 aliphatic carbocycles. The Kier molecular flexibility index (Phi) is 11.2. The molecule has 4 rings (SSSR count). The molecule has 2 amide bonds. The number of aryl methyl sites for hydroxylation is 1. The summed E-state index contributed by atoms with van der Waals surface area (Å²) in [5, 5.41) is 3.54. The molecule has 9 heteroatoms. The van der Waals surface area contributed by atoms with Gasteiger partial charge < -0.3 is 10.2 Å². The van der Waals surface area contributed by atoms with E-state index in [-0.39, 0.29) is 29.7 Å². The standard InChI is InChI=1S/C35H38ClN3O4S/c1-26(2)23-37-35(41)33(22-28-10-6-4-7-11-28)38(24-29-16-18-30(36)19-17-29)34(40)25-39(31-20-14-27(3)15-21-31)44(42,43)32-12-8-5-9-13-32/h4-21,26,33H,22-25H2,1-3H3,(H,37,41). The maximum atomic E-state index is 14.4. The van der Waals surface area contributed by atoms with Crippen LogP contribution in [-0.4, -0.2) is 44.3 Å². The molecular weight excluding hydrogens is 594 g/mol. The molecule has 1 atom stereocenters. The predicted molar refractivity (Wildman–Crippen MR) is 176 cm³/mol. The van der Waals surface area contributed by atoms with E-state index in [4.69, 9.17) is 11.6 Å². The number of amides is 2. The number of halogens is 1. The number of anilines is 1. The molecule has 4 aromatic carbocycles. The van der Waals surface area contributed by atoms with Crippen molar-refractivity contribution in [2.24, 2.45) is 5.92 Å². The van der Waals surface area contributed by atoms with Gasteiger partial charge in [-0.05, 0) is 60.4 Å². The number of sulfonamides is 1. The Hall–Kier alpha value is -4.14. The highest BCUT2D eigenvalue weighted by molar-refractivity contribution is 7.92. The van der Waals surface area contributed by atoms with Crippen molar-refractivity contribution in [1.29, 1.82) is 0 Å². The molecule has 0 aromatic heterocycles. The Balaban J connectivity index is 1.78. The van der Waals surface area contributed by atoms with Crippen molar-refractivity contribution in [3.63, 3.8) is 0 Å². The normalized spacial score (nSPS) is 12.0. The number of hydrogen-bond acceptors (Lipinski definition) is 4. The minimum absolute atomic E-state index is 0.0631. The fraction of sp³-hybridized carbons (Fsp3) is 0.257. The van der Waals surface area contributed by atoms with Crippen molar-refractivity contribution in [3.8, 4) is 0 Å². The zero-order valence-corrected chi connectivity index (χ0v) is 26.8. The van der Waals surface area contributed by atoms with E-state index in [0.29, 0.717) is 17.3 Å². The smallest absolute Gasteiger partial charge is 0.264 e. The third kappa shape index (κ3) is 8.71. The van der Waals surface area contributed by atoms with Crippen LogP contribution in [0.25, 0.3) is 0 Å². The SMILES string of the molecule is Cc1ccc(N(CC(=O)N(Cc2ccc(Cl)cc2)C(Cc2ccccc2)C(=O)NCC(C)C)S(=O)(=O)c2ccccc2)cc1. The molecule has 0 heterocycles. The fourth-order valence-corrected chi connectivity index (χ4v) is 6.28. The van der Waals surface area contributed by atoms with Gasteiger partial charge in [0.2, 0.25) is 11.8 Å². The monoisotopic (exact) mass is 631 g/mol. The largest absolute Gasteiger partial charge is 0.354 e. The average molecular weight is 632 g/mol. The van der Waals surface area contributed by atoms with Crippen LogP contribution in [0.3, 0.4) is 0 Å². The number of nitrogens with one attached hydrogen (secondary N) is 1. The van der Waals surface area contributed by atoms with Gasteiger partial charge in [0.05, 0.1) is 10.6 Å². The minimum Gasteiger partial charge on any atom is -0.354 e. The molecule has 4 aromatic rings. The van der Waals surface area contributed by atoms with Crippen molar-refractivity contribution < 1.29 is 18.0 Å². The highest BCUT2D eigenvalue weighted by Gasteiger charge is 2.34. The summed E-state index contributed by atoms with van der Waals surface area (Å²) in [6, 6.07) is 30.6. The van der Waals surface area contributed by atoms with Crippen LogP contribution in [0.4, 0.5) is 5.69 Å². The molecule has 230 valence electrons. The summed E-state index contributed by atoms with van der Waals surface area (Å²) in [4.78, 5) is 29.8. The maximum Gasteiger partial charge on any atom is 0.264 e. The van der Waals surface area contributed by atoms with Gasteiger partial charge in [-0.2, -0.15) is 0 Å². The van der Waals surface area contributed by atoms with Crippen LogP contribution in [0.15, 0.2) is 114 Å². The fourth-order valence-electron chi connectivity index (χ4n) is 4.72. The zero-order valence-electron chi connectivity index (χ0n) is 25.2. The first-order chi connectivity index (χ1) is 21.0. The van der Waals surface area contributed by atoms with Crippen molar-refractivity contribution in [2.45, 2.75) is 44.7 Å². The lowest BCUT2D eigenvalue weighted by Gasteiger charge is -2.34. The van der Waals surface area contributed by atoms with Gasteiger partial charge >= 0.3 is 0 Å². The molecule has 7 nitrogen and oxygen atoms in total. The third-order valence-corrected chi connectivity index (χ3v) is 9.19. The molecule has 0 spiro atoms. The molecule has 1 unspecified atom stereocenters. The van der Waals surface area contributed by atoms with E-state index in [1.54, 1.807) is 66.7 Å². The average Bonchev–Trinajstić information content (AvgIpc) is 3.02. The van der Waals surface area contributed by atoms with Crippen LogP contribution in [0.5, 0.6) is 0 Å². The molecule has 0 saturated heterocycles. The molecule has 0 aliphatic rings. The number of carbonyl (C=O) groups is 2. The summed E-state index contributed by atoms with van der Waals surface area (Å²) >= 11 is 6.14. The van der Waals surface area contributed by atoms with E-state index in [1.807, 2.05) is 51.1 Å². The lowest BCUT2D eigenvalue weighted by Crippen LogP contribution is -2.53. The Morgan fingerprint density at radius 2 is 1.39 bits per heavy atom. The van der Waals surface area contributed by atoms with E-state index >= 15 is 0 Å². The van der Waals surface area contributed by atoms with Gasteiger partial charge in [-0.15, -0.1) is 0 Å². The summed E-state index contributed by atoms with van der Waals surface area (Å²) in [5.74, 6) is -0.622. The van der Waals surface area contributed by atoms with Crippen molar-refractivity contribution in [2.75, 3.05) is 17.4 Å². The Morgan fingerprint density at radius 3 is 1.98 bits per heavy atom. The Morgan fingerprint density at radius 1 is 0.795 bits per heavy atom. The van der Waals surface area contributed by atoms with E-state index in [0.717, 1.165) is 21.0 Å². The van der Waals surface area contributed by atoms with Crippen LogP contribution in [0.1, 0.15) is 30.5 Å². The first kappa shape index (κ1) is 32.8. The molecule has 0 aliphatic heterocycles. The molecule has 44 heavy (non-hydrogen) atoms. The predicted octanol–water partition coefficient (Wildman–Crippen LogP) is 6.26. The number of rotatable bonds is 13. The van der Waals surface area contributed by atoms with Crippen LogP contribution < -0.4 is 9.62 Å². The molecular formula is C35H38ClN3O4S. The van der Waals surface area contributed by atoms with Gasteiger partial charge in [-0.1, -0.05) is 104 Å². The number of carbonyl (C=O) groups excluding carboxylic acids is 2. The number of nitrogens with zero attached hydrogens (tertiary/aromatic N) is 2. The molecule has 0 saturated carbocycles. The van der Waals surface area contributed by atoms with E-state index in [9.17, 15) is 18.0 Å². The van der Waals surface area contributed by atoms with Gasteiger partial charge in [0.15, 0.2) is 0 Å². The highest BCUT2D eigenvalue weighted by atomic mass is 35.5. The van der Waals surface area contributed by atoms with Crippen molar-refractivity contribution in [3.05, 3.63) is 131 Å². The van der Waals surface area contributed by atoms with Crippen LogP contribution in [-0.2, 0) is 32.6 Å². The molecule has 0 bridgehead atoms. The van der Waals surface area contributed by atoms with Gasteiger partial charge in [-0.25, -0.2) is 8.42 Å². The molecule has 1 N–H and O–H groups in total. The topological polar surface area (TPSA) is 86.8 Å². The second kappa shape index (κ2) is 15.0. The first-order valence-electron chi connectivity index (χ1n) is 14.5. The molecule has 0 fully saturated rings. The van der Waals surface area contributed by atoms with Gasteiger partial charge in [0.25, 0.3) is 10.0 Å². The third-order valence-electron chi connectivity index (χ3n) is 7.15. The summed E-state index contributed by atoms with van der Waals surface area (Å²) in [7, 11) is -4.13. The van der Waals surface area contributed by atoms with E-state index < -0.39 is 28.5 Å². The lowest BCUT2D eigenvalue weighted by atomic mass is 10.0. The highest BCUT2D eigenvalue weighted by Crippen LogP contribution is 2.25. The van der Waals surface area contributed by atoms with Crippen LogP contribution in [0, 0.1) is 12.8 Å². The number of benzene rings is 4. The van der Waals surface area contributed by atoms with Gasteiger partial charge in [-0.3, -0.25) is 13.9 Å².